The third-order valence-corrected chi connectivity index (χ3v) is 4.35. The van der Waals surface area contributed by atoms with Crippen LogP contribution in [0.2, 0.25) is 0 Å². The molecule has 0 radical (unpaired) electrons. The number of nitrogens with zero attached hydrogens (tertiary/aromatic N) is 1. The first kappa shape index (κ1) is 18.8. The molecule has 1 aromatic rings. The van der Waals surface area contributed by atoms with Gasteiger partial charge >= 0.3 is 0 Å². The zero-order valence-corrected chi connectivity index (χ0v) is 14.5. The van der Waals surface area contributed by atoms with Crippen LogP contribution < -0.4 is 5.32 Å². The molecule has 1 fully saturated rings. The van der Waals surface area contributed by atoms with E-state index in [9.17, 15) is 13.6 Å². The average Bonchev–Trinajstić information content (AvgIpc) is 2.56. The van der Waals surface area contributed by atoms with Gasteiger partial charge in [0.25, 0.3) is 0 Å². The van der Waals surface area contributed by atoms with E-state index in [0.717, 1.165) is 25.0 Å². The van der Waals surface area contributed by atoms with Crippen molar-refractivity contribution in [3.05, 3.63) is 35.4 Å². The Morgan fingerprint density at radius 1 is 1.29 bits per heavy atom. The van der Waals surface area contributed by atoms with Crippen LogP contribution >= 0.6 is 0 Å². The molecule has 0 saturated carbocycles. The van der Waals surface area contributed by atoms with Crippen molar-refractivity contribution in [3.63, 3.8) is 0 Å². The first-order chi connectivity index (χ1) is 11.4. The largest absolute Gasteiger partial charge is 0.381 e. The number of hydrogen-bond donors (Lipinski definition) is 1. The van der Waals surface area contributed by atoms with Gasteiger partial charge in [0.2, 0.25) is 5.91 Å². The average molecular weight is 340 g/mol. The Morgan fingerprint density at radius 3 is 2.54 bits per heavy atom. The van der Waals surface area contributed by atoms with Gasteiger partial charge in [0.1, 0.15) is 0 Å². The van der Waals surface area contributed by atoms with Crippen LogP contribution in [0.3, 0.4) is 0 Å². The van der Waals surface area contributed by atoms with Gasteiger partial charge in [-0.3, -0.25) is 4.79 Å². The molecule has 1 N–H and O–H groups in total. The molecule has 0 aliphatic carbocycles. The highest BCUT2D eigenvalue weighted by molar-refractivity contribution is 5.82. The molecule has 1 unspecified atom stereocenters. The summed E-state index contributed by atoms with van der Waals surface area (Å²) in [6.45, 7) is 5.66. The standard InChI is InChI=1S/C18H26F2N2O2/c1-12(2)17(21-14-6-8-24-9-7-14)18(23)22(3)11-13-4-5-15(19)16(20)10-13/h4-5,10,12,14,17,21H,6-9,11H2,1-3H3. The van der Waals surface area contributed by atoms with Crippen LogP contribution in [-0.2, 0) is 16.1 Å². The molecule has 1 aliphatic heterocycles. The Hall–Kier alpha value is -1.53. The Labute approximate surface area is 142 Å². The van der Waals surface area contributed by atoms with Crippen molar-refractivity contribution in [2.45, 2.75) is 45.3 Å². The van der Waals surface area contributed by atoms with E-state index in [4.69, 9.17) is 4.74 Å². The smallest absolute Gasteiger partial charge is 0.240 e. The molecule has 1 atom stereocenters. The first-order valence-electron chi connectivity index (χ1n) is 8.41. The van der Waals surface area contributed by atoms with Gasteiger partial charge in [-0.1, -0.05) is 19.9 Å². The van der Waals surface area contributed by atoms with E-state index in [1.807, 2.05) is 13.8 Å². The minimum absolute atomic E-state index is 0.0405. The summed E-state index contributed by atoms with van der Waals surface area (Å²) in [5.41, 5.74) is 0.568. The summed E-state index contributed by atoms with van der Waals surface area (Å²) in [6.07, 6.45) is 1.78. The molecule has 1 saturated heterocycles. The topological polar surface area (TPSA) is 41.6 Å². The zero-order chi connectivity index (χ0) is 17.7. The lowest BCUT2D eigenvalue weighted by atomic mass is 9.99. The maximum atomic E-state index is 13.3. The van der Waals surface area contributed by atoms with Crippen LogP contribution in [-0.4, -0.2) is 43.2 Å². The number of carbonyl (C=O) groups excluding carboxylic acids is 1. The predicted molar refractivity (Wildman–Crippen MR) is 88.4 cm³/mol. The van der Waals surface area contributed by atoms with Crippen LogP contribution in [0.25, 0.3) is 0 Å². The van der Waals surface area contributed by atoms with Crippen molar-refractivity contribution in [1.82, 2.24) is 10.2 Å². The quantitative estimate of drug-likeness (QED) is 0.866. The second-order valence-corrected chi connectivity index (χ2v) is 6.72. The summed E-state index contributed by atoms with van der Waals surface area (Å²) in [7, 11) is 1.69. The second-order valence-electron chi connectivity index (χ2n) is 6.72. The molecule has 1 aliphatic rings. The van der Waals surface area contributed by atoms with Gasteiger partial charge in [-0.2, -0.15) is 0 Å². The van der Waals surface area contributed by atoms with Crippen LogP contribution in [0.1, 0.15) is 32.3 Å². The fourth-order valence-corrected chi connectivity index (χ4v) is 2.89. The van der Waals surface area contributed by atoms with E-state index in [-0.39, 0.29) is 30.5 Å². The molecule has 4 nitrogen and oxygen atoms in total. The molecular weight excluding hydrogens is 314 g/mol. The monoisotopic (exact) mass is 340 g/mol. The summed E-state index contributed by atoms with van der Waals surface area (Å²) < 4.78 is 31.7. The highest BCUT2D eigenvalue weighted by Crippen LogP contribution is 2.15. The maximum absolute atomic E-state index is 13.3. The lowest BCUT2D eigenvalue weighted by Gasteiger charge is -2.32. The molecule has 24 heavy (non-hydrogen) atoms. The van der Waals surface area contributed by atoms with E-state index in [1.165, 1.54) is 6.07 Å². The summed E-state index contributed by atoms with van der Waals surface area (Å²) in [4.78, 5) is 14.3. The Balaban J connectivity index is 2.00. The van der Waals surface area contributed by atoms with Gasteiger partial charge in [0.15, 0.2) is 11.6 Å². The molecule has 2 rings (SSSR count). The number of benzene rings is 1. The normalized spacial score (nSPS) is 17.1. The summed E-state index contributed by atoms with van der Waals surface area (Å²) in [6, 6.07) is 3.69. The minimum Gasteiger partial charge on any atom is -0.381 e. The SMILES string of the molecule is CC(C)C(NC1CCOCC1)C(=O)N(C)Cc1ccc(F)c(F)c1. The van der Waals surface area contributed by atoms with Crippen molar-refractivity contribution in [1.29, 1.82) is 0 Å². The molecule has 1 aromatic carbocycles. The van der Waals surface area contributed by atoms with Gasteiger partial charge in [-0.25, -0.2) is 8.78 Å². The Morgan fingerprint density at radius 2 is 1.96 bits per heavy atom. The molecule has 1 heterocycles. The molecule has 0 aromatic heterocycles. The lowest BCUT2D eigenvalue weighted by Crippen LogP contribution is -2.52. The third kappa shape index (κ3) is 4.98. The highest BCUT2D eigenvalue weighted by atomic mass is 19.2. The van der Waals surface area contributed by atoms with Crippen molar-refractivity contribution in [2.24, 2.45) is 5.92 Å². The fraction of sp³-hybridized carbons (Fsp3) is 0.611. The van der Waals surface area contributed by atoms with Crippen molar-refractivity contribution < 1.29 is 18.3 Å². The Kier molecular flexibility index (Phi) is 6.69. The second kappa shape index (κ2) is 8.53. The molecular formula is C18H26F2N2O2. The van der Waals surface area contributed by atoms with Crippen molar-refractivity contribution >= 4 is 5.91 Å². The van der Waals surface area contributed by atoms with Gasteiger partial charge in [-0.05, 0) is 36.5 Å². The number of carbonyl (C=O) groups is 1. The van der Waals surface area contributed by atoms with Crippen LogP contribution in [0.5, 0.6) is 0 Å². The number of hydrogen-bond acceptors (Lipinski definition) is 3. The van der Waals surface area contributed by atoms with E-state index >= 15 is 0 Å². The number of rotatable bonds is 6. The van der Waals surface area contributed by atoms with E-state index < -0.39 is 11.6 Å². The van der Waals surface area contributed by atoms with E-state index in [2.05, 4.69) is 5.32 Å². The van der Waals surface area contributed by atoms with Gasteiger partial charge in [0.05, 0.1) is 6.04 Å². The van der Waals surface area contributed by atoms with Crippen LogP contribution in [0.15, 0.2) is 18.2 Å². The molecule has 0 bridgehead atoms. The number of amides is 1. The van der Waals surface area contributed by atoms with E-state index in [0.29, 0.717) is 18.8 Å². The number of ether oxygens (including phenoxy) is 1. The van der Waals surface area contributed by atoms with Crippen molar-refractivity contribution in [3.8, 4) is 0 Å². The first-order valence-corrected chi connectivity index (χ1v) is 8.41. The molecule has 6 heteroatoms. The molecule has 134 valence electrons. The van der Waals surface area contributed by atoms with Gasteiger partial charge in [-0.15, -0.1) is 0 Å². The Bertz CT molecular complexity index is 560. The lowest BCUT2D eigenvalue weighted by molar-refractivity contribution is -0.134. The van der Waals surface area contributed by atoms with Crippen LogP contribution in [0.4, 0.5) is 8.78 Å². The number of nitrogens with one attached hydrogen (secondary N) is 1. The highest BCUT2D eigenvalue weighted by Gasteiger charge is 2.28. The zero-order valence-electron chi connectivity index (χ0n) is 14.5. The van der Waals surface area contributed by atoms with Gasteiger partial charge < -0.3 is 15.0 Å². The van der Waals surface area contributed by atoms with Crippen molar-refractivity contribution in [2.75, 3.05) is 20.3 Å². The number of halogens is 2. The van der Waals surface area contributed by atoms with E-state index in [1.54, 1.807) is 11.9 Å². The fourth-order valence-electron chi connectivity index (χ4n) is 2.89. The minimum atomic E-state index is -0.894. The number of likely N-dealkylation sites (N-methyl/N-ethyl adjacent to an activating group) is 1. The summed E-state index contributed by atoms with van der Waals surface area (Å²) in [5.74, 6) is -1.68. The van der Waals surface area contributed by atoms with Gasteiger partial charge in [0, 0.05) is 32.8 Å². The van der Waals surface area contributed by atoms with Crippen LogP contribution in [0, 0.1) is 17.6 Å². The molecule has 0 spiro atoms. The summed E-state index contributed by atoms with van der Waals surface area (Å²) >= 11 is 0. The summed E-state index contributed by atoms with van der Waals surface area (Å²) in [5, 5.41) is 3.44. The maximum Gasteiger partial charge on any atom is 0.240 e. The molecule has 1 amide bonds. The predicted octanol–water partition coefficient (Wildman–Crippen LogP) is 2.72. The third-order valence-electron chi connectivity index (χ3n) is 4.35.